The van der Waals surface area contributed by atoms with Crippen molar-refractivity contribution >= 4 is 44.3 Å². The van der Waals surface area contributed by atoms with Crippen molar-refractivity contribution in [3.8, 4) is 11.3 Å². The number of hydrogen-bond acceptors (Lipinski definition) is 6. The van der Waals surface area contributed by atoms with Crippen molar-refractivity contribution in [2.24, 2.45) is 0 Å². The maximum atomic E-state index is 12.7. The van der Waals surface area contributed by atoms with E-state index in [1.54, 1.807) is 27.8 Å². The Morgan fingerprint density at radius 2 is 1.78 bits per heavy atom. The number of aromatic nitrogens is 1. The Morgan fingerprint density at radius 3 is 2.44 bits per heavy atom. The van der Waals surface area contributed by atoms with E-state index in [0.717, 1.165) is 34.1 Å². The lowest BCUT2D eigenvalue weighted by Gasteiger charge is -2.33. The molecule has 3 heterocycles. The molecule has 1 saturated heterocycles. The van der Waals surface area contributed by atoms with Crippen LogP contribution >= 0.6 is 34.3 Å². The van der Waals surface area contributed by atoms with Gasteiger partial charge >= 0.3 is 0 Å². The van der Waals surface area contributed by atoms with E-state index in [1.165, 1.54) is 0 Å². The van der Waals surface area contributed by atoms with Crippen LogP contribution in [-0.4, -0.2) is 48.8 Å². The van der Waals surface area contributed by atoms with Gasteiger partial charge in [-0.1, -0.05) is 41.9 Å². The molecule has 1 aliphatic heterocycles. The molecule has 4 rings (SSSR count). The van der Waals surface area contributed by atoms with Gasteiger partial charge in [-0.25, -0.2) is 13.4 Å². The van der Waals surface area contributed by atoms with E-state index in [1.807, 2.05) is 18.2 Å². The van der Waals surface area contributed by atoms with Crippen LogP contribution in [0.25, 0.3) is 11.3 Å². The van der Waals surface area contributed by atoms with E-state index >= 15 is 0 Å². The summed E-state index contributed by atoms with van der Waals surface area (Å²) in [5.74, 6) is 0. The predicted molar refractivity (Wildman–Crippen MR) is 111 cm³/mol. The molecule has 5 nitrogen and oxygen atoms in total. The quantitative estimate of drug-likeness (QED) is 0.602. The van der Waals surface area contributed by atoms with Gasteiger partial charge in [-0.3, -0.25) is 4.90 Å². The molecule has 0 bridgehead atoms. The van der Waals surface area contributed by atoms with Crippen molar-refractivity contribution in [1.82, 2.24) is 14.2 Å². The number of halogens is 1. The number of sulfonamides is 1. The lowest BCUT2D eigenvalue weighted by atomic mass is 10.2. The van der Waals surface area contributed by atoms with Gasteiger partial charge in [-0.15, -0.1) is 22.7 Å². The highest BCUT2D eigenvalue weighted by Crippen LogP contribution is 2.29. The highest BCUT2D eigenvalue weighted by molar-refractivity contribution is 7.91. The summed E-state index contributed by atoms with van der Waals surface area (Å²) in [7, 11) is -3.44. The van der Waals surface area contributed by atoms with Crippen LogP contribution in [0.2, 0.25) is 4.34 Å². The van der Waals surface area contributed by atoms with E-state index < -0.39 is 10.0 Å². The van der Waals surface area contributed by atoms with Crippen LogP contribution in [0.1, 0.15) is 5.01 Å². The van der Waals surface area contributed by atoms with Crippen molar-refractivity contribution in [2.75, 3.05) is 26.2 Å². The summed E-state index contributed by atoms with van der Waals surface area (Å²) >= 11 is 8.64. The molecule has 0 saturated carbocycles. The molecule has 2 aromatic heterocycles. The first-order chi connectivity index (χ1) is 13.0. The first-order valence-electron chi connectivity index (χ1n) is 8.50. The largest absolute Gasteiger partial charge is 0.294 e. The lowest BCUT2D eigenvalue weighted by molar-refractivity contribution is 0.181. The van der Waals surface area contributed by atoms with Gasteiger partial charge in [-0.05, 0) is 12.1 Å². The van der Waals surface area contributed by atoms with Gasteiger partial charge in [0, 0.05) is 37.1 Å². The van der Waals surface area contributed by atoms with Crippen LogP contribution in [-0.2, 0) is 16.6 Å². The summed E-state index contributed by atoms with van der Waals surface area (Å²) in [4.78, 5) is 6.98. The molecule has 0 aliphatic carbocycles. The molecule has 0 N–H and O–H groups in total. The number of nitrogens with zero attached hydrogens (tertiary/aromatic N) is 3. The standard InChI is InChI=1S/C18H18ClN3O2S3/c19-16-6-7-18(26-16)27(23,24)22-10-8-21(9-11-22)12-17-20-15(13-25-17)14-4-2-1-3-5-14/h1-7,13H,8-12H2. The van der Waals surface area contributed by atoms with E-state index in [2.05, 4.69) is 22.4 Å². The zero-order chi connectivity index (χ0) is 18.9. The third kappa shape index (κ3) is 4.26. The van der Waals surface area contributed by atoms with Gasteiger partial charge in [-0.2, -0.15) is 4.31 Å². The van der Waals surface area contributed by atoms with Crippen LogP contribution in [0.4, 0.5) is 0 Å². The van der Waals surface area contributed by atoms with Gasteiger partial charge in [0.05, 0.1) is 16.6 Å². The third-order valence-corrected chi connectivity index (χ3v) is 8.88. The lowest BCUT2D eigenvalue weighted by Crippen LogP contribution is -2.48. The molecule has 1 fully saturated rings. The van der Waals surface area contributed by atoms with E-state index in [0.29, 0.717) is 34.7 Å². The van der Waals surface area contributed by atoms with Crippen LogP contribution < -0.4 is 0 Å². The maximum Gasteiger partial charge on any atom is 0.252 e. The van der Waals surface area contributed by atoms with Crippen LogP contribution in [0, 0.1) is 0 Å². The molecule has 1 aromatic carbocycles. The van der Waals surface area contributed by atoms with Gasteiger partial charge in [0.1, 0.15) is 9.22 Å². The summed E-state index contributed by atoms with van der Waals surface area (Å²) in [6.07, 6.45) is 0. The van der Waals surface area contributed by atoms with E-state index in [9.17, 15) is 8.42 Å². The minimum Gasteiger partial charge on any atom is -0.294 e. The molecule has 142 valence electrons. The minimum absolute atomic E-state index is 0.313. The van der Waals surface area contributed by atoms with Crippen molar-refractivity contribution in [1.29, 1.82) is 0 Å². The molecular weight excluding hydrogens is 422 g/mol. The summed E-state index contributed by atoms with van der Waals surface area (Å²) in [5, 5.41) is 3.13. The highest BCUT2D eigenvalue weighted by Gasteiger charge is 2.29. The zero-order valence-corrected chi connectivity index (χ0v) is 17.6. The Bertz CT molecular complexity index is 1010. The molecular formula is C18H18ClN3O2S3. The van der Waals surface area contributed by atoms with Gasteiger partial charge in [0.15, 0.2) is 0 Å². The number of rotatable bonds is 5. The third-order valence-electron chi connectivity index (χ3n) is 4.45. The number of benzene rings is 1. The van der Waals surface area contributed by atoms with Crippen LogP contribution in [0.3, 0.4) is 0 Å². The topological polar surface area (TPSA) is 53.5 Å². The first kappa shape index (κ1) is 19.0. The van der Waals surface area contributed by atoms with E-state index in [4.69, 9.17) is 16.6 Å². The zero-order valence-electron chi connectivity index (χ0n) is 14.4. The van der Waals surface area contributed by atoms with Gasteiger partial charge in [0.2, 0.25) is 0 Å². The molecule has 1 aliphatic rings. The van der Waals surface area contributed by atoms with Gasteiger partial charge < -0.3 is 0 Å². The number of thiophene rings is 1. The summed E-state index contributed by atoms with van der Waals surface area (Å²) in [6, 6.07) is 13.3. The van der Waals surface area contributed by atoms with E-state index in [-0.39, 0.29) is 0 Å². The summed E-state index contributed by atoms with van der Waals surface area (Å²) < 4.78 is 27.7. The molecule has 3 aromatic rings. The Kier molecular flexibility index (Phi) is 5.63. The average molecular weight is 440 g/mol. The smallest absolute Gasteiger partial charge is 0.252 e. The van der Waals surface area contributed by atoms with Crippen molar-refractivity contribution < 1.29 is 8.42 Å². The Balaban J connectivity index is 1.37. The number of piperazine rings is 1. The highest BCUT2D eigenvalue weighted by atomic mass is 35.5. The average Bonchev–Trinajstić information content (AvgIpc) is 3.32. The molecule has 27 heavy (non-hydrogen) atoms. The number of thiazole rings is 1. The van der Waals surface area contributed by atoms with Gasteiger partial charge in [0.25, 0.3) is 10.0 Å². The minimum atomic E-state index is -3.44. The second-order valence-electron chi connectivity index (χ2n) is 6.23. The van der Waals surface area contributed by atoms with Crippen LogP contribution in [0.15, 0.2) is 52.1 Å². The Hall–Kier alpha value is -1.29. The predicted octanol–water partition coefficient (Wildman–Crippen LogP) is 4.03. The fourth-order valence-electron chi connectivity index (χ4n) is 3.01. The second-order valence-corrected chi connectivity index (χ2v) is 11.1. The molecule has 0 spiro atoms. The molecule has 0 amide bonds. The molecule has 0 unspecified atom stereocenters. The SMILES string of the molecule is O=S(=O)(c1ccc(Cl)s1)N1CCN(Cc2nc(-c3ccccc3)cs2)CC1. The fraction of sp³-hybridized carbons (Fsp3) is 0.278. The maximum absolute atomic E-state index is 12.7. The first-order valence-corrected chi connectivity index (χ1v) is 12.0. The second kappa shape index (κ2) is 7.98. The monoisotopic (exact) mass is 439 g/mol. The molecule has 9 heteroatoms. The fourth-order valence-corrected chi connectivity index (χ4v) is 6.91. The normalized spacial score (nSPS) is 16.6. The summed E-state index contributed by atoms with van der Waals surface area (Å²) in [5.41, 5.74) is 2.11. The van der Waals surface area contributed by atoms with Crippen molar-refractivity contribution in [3.63, 3.8) is 0 Å². The number of hydrogen-bond donors (Lipinski definition) is 0. The molecule has 0 atom stereocenters. The Morgan fingerprint density at radius 1 is 1.04 bits per heavy atom. The van der Waals surface area contributed by atoms with Crippen molar-refractivity contribution in [3.05, 3.63) is 57.2 Å². The van der Waals surface area contributed by atoms with Crippen LogP contribution in [0.5, 0.6) is 0 Å². The molecule has 0 radical (unpaired) electrons. The van der Waals surface area contributed by atoms with Crippen molar-refractivity contribution in [2.45, 2.75) is 10.8 Å². The Labute approximate surface area is 171 Å². The summed E-state index contributed by atoms with van der Waals surface area (Å²) in [6.45, 7) is 3.09.